The molecule has 0 unspecified atom stereocenters. The first-order valence-corrected chi connectivity index (χ1v) is 9.23. The third-order valence-electron chi connectivity index (χ3n) is 3.29. The van der Waals surface area contributed by atoms with Crippen LogP contribution in [0.2, 0.25) is 0 Å². The molecule has 24 heavy (non-hydrogen) atoms. The molecule has 2 N–H and O–H groups in total. The van der Waals surface area contributed by atoms with Gasteiger partial charge in [0, 0.05) is 22.5 Å². The summed E-state index contributed by atoms with van der Waals surface area (Å²) < 4.78 is 6.05. The number of carbonyl (C=O) groups is 2. The normalized spacial score (nSPS) is 10.5. The first-order valence-electron chi connectivity index (χ1n) is 7.45. The van der Waals surface area contributed by atoms with Gasteiger partial charge in [-0.25, -0.2) is 0 Å². The molecule has 128 valence electrons. The van der Waals surface area contributed by atoms with Crippen LogP contribution in [0.25, 0.3) is 0 Å². The van der Waals surface area contributed by atoms with Gasteiger partial charge in [-0.15, -0.1) is 11.8 Å². The van der Waals surface area contributed by atoms with Crippen molar-refractivity contribution in [3.8, 4) is 0 Å². The third kappa shape index (κ3) is 5.42. The first-order chi connectivity index (χ1) is 11.5. The Morgan fingerprint density at radius 2 is 1.92 bits per heavy atom. The van der Waals surface area contributed by atoms with Crippen molar-refractivity contribution in [2.75, 3.05) is 18.8 Å². The molecule has 1 aromatic heterocycles. The molecular weight excluding hydrogens is 392 g/mol. The van der Waals surface area contributed by atoms with E-state index in [1.165, 1.54) is 18.0 Å². The average Bonchev–Trinajstić information content (AvgIpc) is 3.08. The third-order valence-corrected chi connectivity index (χ3v) is 5.30. The van der Waals surface area contributed by atoms with Gasteiger partial charge >= 0.3 is 0 Å². The minimum Gasteiger partial charge on any atom is -0.459 e. The molecule has 0 aliphatic heterocycles. The molecule has 2 aromatic rings. The minimum absolute atomic E-state index is 0.0628. The summed E-state index contributed by atoms with van der Waals surface area (Å²) in [6, 6.07) is 7.37. The van der Waals surface area contributed by atoms with E-state index in [1.54, 1.807) is 12.1 Å². The molecule has 1 heterocycles. The van der Waals surface area contributed by atoms with Crippen LogP contribution in [0, 0.1) is 13.8 Å². The molecule has 0 fully saturated rings. The van der Waals surface area contributed by atoms with Gasteiger partial charge in [-0.2, -0.15) is 0 Å². The Hall–Kier alpha value is -1.73. The summed E-state index contributed by atoms with van der Waals surface area (Å²) in [6.07, 6.45) is 1.44. The van der Waals surface area contributed by atoms with Crippen molar-refractivity contribution in [2.24, 2.45) is 0 Å². The Morgan fingerprint density at radius 3 is 2.62 bits per heavy atom. The Labute approximate surface area is 153 Å². The van der Waals surface area contributed by atoms with Gasteiger partial charge in [-0.3, -0.25) is 9.59 Å². The van der Waals surface area contributed by atoms with E-state index in [0.29, 0.717) is 18.8 Å². The maximum atomic E-state index is 11.9. The minimum atomic E-state index is -0.287. The number of thioether (sulfide) groups is 1. The van der Waals surface area contributed by atoms with E-state index in [2.05, 4.69) is 38.7 Å². The number of furan rings is 1. The lowest BCUT2D eigenvalue weighted by atomic mass is 10.2. The zero-order valence-corrected chi connectivity index (χ0v) is 15.9. The SMILES string of the molecule is Cc1cc(SCC(=O)NCCNC(=O)c2ccco2)c(C)cc1Br. The topological polar surface area (TPSA) is 71.3 Å². The highest BCUT2D eigenvalue weighted by Crippen LogP contribution is 2.28. The van der Waals surface area contributed by atoms with Crippen LogP contribution < -0.4 is 10.6 Å². The Kier molecular flexibility index (Phi) is 6.93. The maximum Gasteiger partial charge on any atom is 0.287 e. The molecule has 0 saturated carbocycles. The second-order valence-corrected chi connectivity index (χ2v) is 7.11. The molecule has 0 atom stereocenters. The Bertz CT molecular complexity index is 717. The fraction of sp³-hybridized carbons (Fsp3) is 0.294. The van der Waals surface area contributed by atoms with E-state index in [0.717, 1.165) is 20.5 Å². The number of amides is 2. The van der Waals surface area contributed by atoms with Crippen molar-refractivity contribution in [2.45, 2.75) is 18.7 Å². The van der Waals surface area contributed by atoms with Crippen LogP contribution in [-0.4, -0.2) is 30.7 Å². The molecule has 0 aliphatic rings. The van der Waals surface area contributed by atoms with Crippen molar-refractivity contribution in [3.63, 3.8) is 0 Å². The molecule has 5 nitrogen and oxygen atoms in total. The number of hydrogen-bond donors (Lipinski definition) is 2. The van der Waals surface area contributed by atoms with Gasteiger partial charge in [0.05, 0.1) is 12.0 Å². The number of halogens is 1. The molecule has 7 heteroatoms. The molecule has 0 radical (unpaired) electrons. The van der Waals surface area contributed by atoms with E-state index in [9.17, 15) is 9.59 Å². The second-order valence-electron chi connectivity index (χ2n) is 5.24. The first kappa shape index (κ1) is 18.6. The number of rotatable bonds is 7. The van der Waals surface area contributed by atoms with Crippen LogP contribution in [0.3, 0.4) is 0 Å². The lowest BCUT2D eigenvalue weighted by molar-refractivity contribution is -0.118. The summed E-state index contributed by atoms with van der Waals surface area (Å²) in [5.74, 6) is 0.253. The zero-order valence-electron chi connectivity index (χ0n) is 13.5. The molecule has 2 amide bonds. The number of benzene rings is 1. The van der Waals surface area contributed by atoms with Gasteiger partial charge < -0.3 is 15.1 Å². The fourth-order valence-electron chi connectivity index (χ4n) is 1.98. The lowest BCUT2D eigenvalue weighted by Crippen LogP contribution is -2.35. The number of nitrogens with one attached hydrogen (secondary N) is 2. The van der Waals surface area contributed by atoms with Crippen molar-refractivity contribution < 1.29 is 14.0 Å². The molecule has 0 saturated heterocycles. The average molecular weight is 411 g/mol. The van der Waals surface area contributed by atoms with Crippen molar-refractivity contribution >= 4 is 39.5 Å². The maximum absolute atomic E-state index is 11.9. The van der Waals surface area contributed by atoms with E-state index in [1.807, 2.05) is 13.8 Å². The Morgan fingerprint density at radius 1 is 1.17 bits per heavy atom. The fourth-order valence-corrected chi connectivity index (χ4v) is 3.37. The second kappa shape index (κ2) is 8.94. The van der Waals surface area contributed by atoms with E-state index >= 15 is 0 Å². The van der Waals surface area contributed by atoms with Crippen LogP contribution in [-0.2, 0) is 4.79 Å². The Balaban J connectivity index is 1.68. The molecule has 0 spiro atoms. The predicted octanol–water partition coefficient (Wildman–Crippen LogP) is 3.30. The summed E-state index contributed by atoms with van der Waals surface area (Å²) in [6.45, 7) is 4.78. The van der Waals surface area contributed by atoms with Crippen molar-refractivity contribution in [1.82, 2.24) is 10.6 Å². The van der Waals surface area contributed by atoms with Crippen molar-refractivity contribution in [1.29, 1.82) is 0 Å². The highest BCUT2D eigenvalue weighted by Gasteiger charge is 2.09. The van der Waals surface area contributed by atoms with Gasteiger partial charge in [0.25, 0.3) is 5.91 Å². The predicted molar refractivity (Wildman–Crippen MR) is 98.4 cm³/mol. The van der Waals surface area contributed by atoms with Crippen LogP contribution in [0.15, 0.2) is 44.3 Å². The monoisotopic (exact) mass is 410 g/mol. The molecule has 0 aliphatic carbocycles. The smallest absolute Gasteiger partial charge is 0.287 e. The highest BCUT2D eigenvalue weighted by molar-refractivity contribution is 9.10. The highest BCUT2D eigenvalue weighted by atomic mass is 79.9. The van der Waals surface area contributed by atoms with Crippen LogP contribution in [0.4, 0.5) is 0 Å². The van der Waals surface area contributed by atoms with E-state index < -0.39 is 0 Å². The zero-order chi connectivity index (χ0) is 17.5. The largest absolute Gasteiger partial charge is 0.459 e. The van der Waals surface area contributed by atoms with E-state index in [-0.39, 0.29) is 17.6 Å². The van der Waals surface area contributed by atoms with Gasteiger partial charge in [-0.1, -0.05) is 15.9 Å². The summed E-state index contributed by atoms with van der Waals surface area (Å²) >= 11 is 5.00. The molecule has 1 aromatic carbocycles. The summed E-state index contributed by atoms with van der Waals surface area (Å²) in [7, 11) is 0. The quantitative estimate of drug-likeness (QED) is 0.542. The lowest BCUT2D eigenvalue weighted by Gasteiger charge is -2.09. The summed E-state index contributed by atoms with van der Waals surface area (Å²) in [5, 5.41) is 5.46. The number of hydrogen-bond acceptors (Lipinski definition) is 4. The van der Waals surface area contributed by atoms with Gasteiger partial charge in [0.2, 0.25) is 5.91 Å². The van der Waals surface area contributed by atoms with Crippen LogP contribution in [0.1, 0.15) is 21.7 Å². The van der Waals surface area contributed by atoms with Gasteiger partial charge in [-0.05, 0) is 49.2 Å². The van der Waals surface area contributed by atoms with Gasteiger partial charge in [0.15, 0.2) is 5.76 Å². The van der Waals surface area contributed by atoms with E-state index in [4.69, 9.17) is 4.42 Å². The van der Waals surface area contributed by atoms with Crippen LogP contribution in [0.5, 0.6) is 0 Å². The molecule has 0 bridgehead atoms. The number of aryl methyl sites for hydroxylation is 2. The summed E-state index contributed by atoms with van der Waals surface area (Å²) in [4.78, 5) is 24.6. The standard InChI is InChI=1S/C17H19BrN2O3S/c1-11-9-15(12(2)8-13(11)18)24-10-16(21)19-5-6-20-17(22)14-4-3-7-23-14/h3-4,7-9H,5-6,10H2,1-2H3,(H,19,21)(H,20,22). The molecule has 2 rings (SSSR count). The molecular formula is C17H19BrN2O3S. The van der Waals surface area contributed by atoms with Gasteiger partial charge in [0.1, 0.15) is 0 Å². The van der Waals surface area contributed by atoms with Crippen molar-refractivity contribution in [3.05, 3.63) is 51.9 Å². The summed E-state index contributed by atoms with van der Waals surface area (Å²) in [5.41, 5.74) is 2.28. The number of carbonyl (C=O) groups excluding carboxylic acids is 2. The van der Waals surface area contributed by atoms with Crippen LogP contribution >= 0.6 is 27.7 Å².